The molecular formula is C25H21N3O4S2. The Morgan fingerprint density at radius 3 is 2.50 bits per heavy atom. The fourth-order valence-electron chi connectivity index (χ4n) is 3.86. The molecule has 0 unspecified atom stereocenters. The molecule has 4 aromatic rings. The van der Waals surface area contributed by atoms with Gasteiger partial charge in [0.1, 0.15) is 5.75 Å². The van der Waals surface area contributed by atoms with Crippen molar-refractivity contribution < 1.29 is 17.9 Å². The largest absolute Gasteiger partial charge is 0.497 e. The molecule has 3 aromatic carbocycles. The van der Waals surface area contributed by atoms with E-state index >= 15 is 0 Å². The molecule has 172 valence electrons. The first kappa shape index (κ1) is 22.1. The van der Waals surface area contributed by atoms with Crippen LogP contribution in [-0.2, 0) is 16.4 Å². The highest BCUT2D eigenvalue weighted by Crippen LogP contribution is 2.33. The average Bonchev–Trinajstić information content (AvgIpc) is 3.52. The van der Waals surface area contributed by atoms with Gasteiger partial charge in [0.05, 0.1) is 23.4 Å². The van der Waals surface area contributed by atoms with Crippen LogP contribution in [0.2, 0.25) is 0 Å². The number of rotatable bonds is 6. The second-order valence-electron chi connectivity index (χ2n) is 7.70. The number of nitrogens with one attached hydrogen (secondary N) is 1. The summed E-state index contributed by atoms with van der Waals surface area (Å²) in [6.45, 7) is 0.407. The van der Waals surface area contributed by atoms with E-state index in [2.05, 4.69) is 10.3 Å². The van der Waals surface area contributed by atoms with E-state index in [0.29, 0.717) is 29.3 Å². The van der Waals surface area contributed by atoms with E-state index in [4.69, 9.17) is 4.74 Å². The average molecular weight is 492 g/mol. The zero-order chi connectivity index (χ0) is 23.7. The molecule has 5 rings (SSSR count). The standard InChI is InChI=1S/C25H21N3O4S2/c1-32-20-10-6-17(7-11-20)22-16-33-25(26-22)27-24(29)19-8-12-21(13-9-19)34(30,31)28-15-14-18-4-2-3-5-23(18)28/h2-13,16H,14-15H2,1H3,(H,26,27,29). The Morgan fingerprint density at radius 1 is 1.03 bits per heavy atom. The van der Waals surface area contributed by atoms with Crippen LogP contribution in [0.25, 0.3) is 11.3 Å². The van der Waals surface area contributed by atoms with Crippen molar-refractivity contribution in [3.8, 4) is 17.0 Å². The summed E-state index contributed by atoms with van der Waals surface area (Å²) in [7, 11) is -2.09. The fraction of sp³-hybridized carbons (Fsp3) is 0.120. The van der Waals surface area contributed by atoms with E-state index in [9.17, 15) is 13.2 Å². The number of hydrogen-bond acceptors (Lipinski definition) is 6. The Bertz CT molecular complexity index is 1450. The van der Waals surface area contributed by atoms with Gasteiger partial charge in [-0.25, -0.2) is 13.4 Å². The summed E-state index contributed by atoms with van der Waals surface area (Å²) in [5.41, 5.74) is 3.73. The van der Waals surface area contributed by atoms with E-state index < -0.39 is 10.0 Å². The molecule has 0 atom stereocenters. The highest BCUT2D eigenvalue weighted by atomic mass is 32.2. The van der Waals surface area contributed by atoms with E-state index in [1.807, 2.05) is 53.9 Å². The lowest BCUT2D eigenvalue weighted by Crippen LogP contribution is -2.29. The molecule has 0 radical (unpaired) electrons. The Labute approximate surface area is 201 Å². The van der Waals surface area contributed by atoms with Crippen molar-refractivity contribution >= 4 is 38.1 Å². The molecule has 2 heterocycles. The molecule has 0 aliphatic carbocycles. The fourth-order valence-corrected chi connectivity index (χ4v) is 6.08. The summed E-state index contributed by atoms with van der Waals surface area (Å²) >= 11 is 1.32. The van der Waals surface area contributed by atoms with E-state index in [1.54, 1.807) is 7.11 Å². The van der Waals surface area contributed by atoms with Gasteiger partial charge in [-0.2, -0.15) is 0 Å². The Hall–Kier alpha value is -3.69. The van der Waals surface area contributed by atoms with Crippen LogP contribution in [0.5, 0.6) is 5.75 Å². The molecule has 1 aromatic heterocycles. The van der Waals surface area contributed by atoms with Crippen molar-refractivity contribution in [3.05, 3.63) is 89.3 Å². The number of benzene rings is 3. The van der Waals surface area contributed by atoms with E-state index in [1.165, 1.54) is 39.9 Å². The number of sulfonamides is 1. The first-order valence-electron chi connectivity index (χ1n) is 10.6. The van der Waals surface area contributed by atoms with Crippen LogP contribution in [-0.4, -0.2) is 33.0 Å². The molecule has 0 saturated heterocycles. The second-order valence-corrected chi connectivity index (χ2v) is 10.4. The summed E-state index contributed by atoms with van der Waals surface area (Å²) in [5.74, 6) is 0.401. The van der Waals surface area contributed by atoms with Crippen molar-refractivity contribution in [3.63, 3.8) is 0 Å². The predicted molar refractivity (Wildman–Crippen MR) is 133 cm³/mol. The van der Waals surface area contributed by atoms with Crippen LogP contribution < -0.4 is 14.4 Å². The number of fused-ring (bicyclic) bond motifs is 1. The third kappa shape index (κ3) is 4.15. The van der Waals surface area contributed by atoms with Crippen LogP contribution in [0.1, 0.15) is 15.9 Å². The molecule has 1 amide bonds. The van der Waals surface area contributed by atoms with Crippen molar-refractivity contribution in [2.45, 2.75) is 11.3 Å². The number of anilines is 2. The minimum absolute atomic E-state index is 0.150. The molecule has 1 N–H and O–H groups in total. The van der Waals surface area contributed by atoms with E-state index in [0.717, 1.165) is 22.6 Å². The molecule has 7 nitrogen and oxygen atoms in total. The van der Waals surface area contributed by atoms with Gasteiger partial charge >= 0.3 is 0 Å². The number of ether oxygens (including phenoxy) is 1. The number of methoxy groups -OCH3 is 1. The van der Waals surface area contributed by atoms with Crippen LogP contribution >= 0.6 is 11.3 Å². The van der Waals surface area contributed by atoms with Crippen LogP contribution in [0.3, 0.4) is 0 Å². The number of hydrogen-bond donors (Lipinski definition) is 1. The van der Waals surface area contributed by atoms with Crippen molar-refractivity contribution in [2.75, 3.05) is 23.3 Å². The van der Waals surface area contributed by atoms with Gasteiger partial charge in [0.15, 0.2) is 5.13 Å². The number of para-hydroxylation sites is 1. The maximum Gasteiger partial charge on any atom is 0.264 e. The topological polar surface area (TPSA) is 88.6 Å². The normalized spacial score (nSPS) is 12.9. The van der Waals surface area contributed by atoms with E-state index in [-0.39, 0.29) is 10.8 Å². The summed E-state index contributed by atoms with van der Waals surface area (Å²) in [4.78, 5) is 17.3. The highest BCUT2D eigenvalue weighted by Gasteiger charge is 2.30. The third-order valence-corrected chi connectivity index (χ3v) is 8.24. The Morgan fingerprint density at radius 2 is 1.76 bits per heavy atom. The van der Waals surface area contributed by atoms with Gasteiger partial charge in [-0.1, -0.05) is 18.2 Å². The summed E-state index contributed by atoms with van der Waals surface area (Å²) < 4.78 is 32.9. The maximum absolute atomic E-state index is 13.2. The number of nitrogens with zero attached hydrogens (tertiary/aromatic N) is 2. The molecule has 9 heteroatoms. The molecule has 1 aliphatic heterocycles. The van der Waals surface area contributed by atoms with Crippen molar-refractivity contribution in [1.29, 1.82) is 0 Å². The predicted octanol–water partition coefficient (Wildman–Crippen LogP) is 4.82. The van der Waals surface area contributed by atoms with Gasteiger partial charge in [-0.05, 0) is 66.6 Å². The Balaban J connectivity index is 1.29. The number of aromatic nitrogens is 1. The monoisotopic (exact) mass is 491 g/mol. The zero-order valence-corrected chi connectivity index (χ0v) is 19.9. The van der Waals surface area contributed by atoms with Gasteiger partial charge in [0.2, 0.25) is 0 Å². The molecule has 0 saturated carbocycles. The van der Waals surface area contributed by atoms with Crippen LogP contribution in [0.15, 0.2) is 83.1 Å². The smallest absolute Gasteiger partial charge is 0.264 e. The second kappa shape index (κ2) is 8.92. The number of carbonyl (C=O) groups is 1. The lowest BCUT2D eigenvalue weighted by Gasteiger charge is -2.19. The molecule has 34 heavy (non-hydrogen) atoms. The van der Waals surface area contributed by atoms with Gasteiger partial charge < -0.3 is 4.74 Å². The first-order chi connectivity index (χ1) is 16.5. The first-order valence-corrected chi connectivity index (χ1v) is 12.9. The van der Waals surface area contributed by atoms with Crippen LogP contribution in [0.4, 0.5) is 10.8 Å². The zero-order valence-electron chi connectivity index (χ0n) is 18.3. The third-order valence-electron chi connectivity index (χ3n) is 5.66. The SMILES string of the molecule is COc1ccc(-c2csc(NC(=O)c3ccc(S(=O)(=O)N4CCc5ccccc54)cc3)n2)cc1. The quantitative estimate of drug-likeness (QED) is 0.418. The minimum Gasteiger partial charge on any atom is -0.497 e. The molecular weight excluding hydrogens is 470 g/mol. The summed E-state index contributed by atoms with van der Waals surface area (Å²) in [5, 5.41) is 5.10. The van der Waals surface area contributed by atoms with Gasteiger partial charge in [0.25, 0.3) is 15.9 Å². The molecule has 0 fully saturated rings. The highest BCUT2D eigenvalue weighted by molar-refractivity contribution is 7.92. The minimum atomic E-state index is -3.70. The lowest BCUT2D eigenvalue weighted by atomic mass is 10.2. The van der Waals surface area contributed by atoms with Gasteiger partial charge in [0, 0.05) is 23.1 Å². The van der Waals surface area contributed by atoms with Gasteiger partial charge in [-0.15, -0.1) is 11.3 Å². The number of carbonyl (C=O) groups excluding carboxylic acids is 1. The number of amides is 1. The molecule has 1 aliphatic rings. The summed E-state index contributed by atoms with van der Waals surface area (Å²) in [6.07, 6.45) is 0.683. The molecule has 0 bridgehead atoms. The Kier molecular flexibility index (Phi) is 5.80. The maximum atomic E-state index is 13.2. The number of thiazole rings is 1. The van der Waals surface area contributed by atoms with Crippen molar-refractivity contribution in [1.82, 2.24) is 4.98 Å². The van der Waals surface area contributed by atoms with Crippen LogP contribution in [0, 0.1) is 0 Å². The van der Waals surface area contributed by atoms with Gasteiger partial charge in [-0.3, -0.25) is 14.4 Å². The molecule has 0 spiro atoms. The lowest BCUT2D eigenvalue weighted by molar-refractivity contribution is 0.102. The summed E-state index contributed by atoms with van der Waals surface area (Å²) in [6, 6.07) is 21.0. The van der Waals surface area contributed by atoms with Crippen molar-refractivity contribution in [2.24, 2.45) is 0 Å².